The van der Waals surface area contributed by atoms with Gasteiger partial charge in [-0.05, 0) is 33.1 Å². The highest BCUT2D eigenvalue weighted by molar-refractivity contribution is 6.10. The molecule has 146 valence electrons. The number of rotatable bonds is 10. The van der Waals surface area contributed by atoms with Crippen molar-refractivity contribution in [1.29, 1.82) is 0 Å². The van der Waals surface area contributed by atoms with Crippen LogP contribution in [0.2, 0.25) is 0 Å². The number of carbonyl (C=O) groups is 3. The molecule has 0 aromatic carbocycles. The lowest BCUT2D eigenvalue weighted by atomic mass is 10.0. The fourth-order valence-electron chi connectivity index (χ4n) is 2.68. The summed E-state index contributed by atoms with van der Waals surface area (Å²) >= 11 is 0. The van der Waals surface area contributed by atoms with Crippen LogP contribution in [0.25, 0.3) is 0 Å². The van der Waals surface area contributed by atoms with Crippen LogP contribution in [0.3, 0.4) is 0 Å². The summed E-state index contributed by atoms with van der Waals surface area (Å²) < 4.78 is 15.6. The molecule has 0 spiro atoms. The average molecular weight is 367 g/mol. The van der Waals surface area contributed by atoms with E-state index < -0.39 is 12.1 Å². The molecule has 0 saturated carbocycles. The van der Waals surface area contributed by atoms with Crippen molar-refractivity contribution in [1.82, 2.24) is 0 Å². The lowest BCUT2D eigenvalue weighted by Gasteiger charge is -2.14. The summed E-state index contributed by atoms with van der Waals surface area (Å²) in [5.41, 5.74) is 0.0277. The first-order valence-electron chi connectivity index (χ1n) is 9.10. The lowest BCUT2D eigenvalue weighted by Crippen LogP contribution is -2.20. The van der Waals surface area contributed by atoms with Crippen molar-refractivity contribution in [2.75, 3.05) is 18.5 Å². The molecule has 7 nitrogen and oxygen atoms in total. The molecule has 1 amide bonds. The Bertz CT molecular complexity index is 634. The topological polar surface area (TPSA) is 94.8 Å². The van der Waals surface area contributed by atoms with Crippen molar-refractivity contribution in [3.63, 3.8) is 0 Å². The van der Waals surface area contributed by atoms with Crippen molar-refractivity contribution in [3.05, 3.63) is 16.9 Å². The number of furan rings is 1. The van der Waals surface area contributed by atoms with E-state index >= 15 is 0 Å². The summed E-state index contributed by atoms with van der Waals surface area (Å²) in [7, 11) is 0. The number of esters is 1. The molecule has 26 heavy (non-hydrogen) atoms. The summed E-state index contributed by atoms with van der Waals surface area (Å²) in [6.07, 6.45) is 3.34. The molecule has 1 unspecified atom stereocenters. The van der Waals surface area contributed by atoms with Crippen LogP contribution >= 0.6 is 0 Å². The molecule has 1 rings (SSSR count). The number of Topliss-reactive ketones (excluding diaryl/α,β-unsaturated/α-hetero) is 1. The second kappa shape index (κ2) is 10.6. The summed E-state index contributed by atoms with van der Waals surface area (Å²) in [5.74, 6) is -0.667. The second-order valence-electron chi connectivity index (χ2n) is 6.15. The van der Waals surface area contributed by atoms with Gasteiger partial charge in [-0.3, -0.25) is 10.1 Å². The molecule has 1 aromatic rings. The molecular weight excluding hydrogens is 338 g/mol. The Hall–Kier alpha value is -2.31. The highest BCUT2D eigenvalue weighted by Crippen LogP contribution is 2.28. The van der Waals surface area contributed by atoms with Gasteiger partial charge >= 0.3 is 12.1 Å². The van der Waals surface area contributed by atoms with E-state index in [1.807, 2.05) is 0 Å². The average Bonchev–Trinajstić information content (AvgIpc) is 2.91. The summed E-state index contributed by atoms with van der Waals surface area (Å²) in [6, 6.07) is 0. The molecule has 1 N–H and O–H groups in total. The van der Waals surface area contributed by atoms with Gasteiger partial charge in [0, 0.05) is 0 Å². The Morgan fingerprint density at radius 1 is 1.12 bits per heavy atom. The van der Waals surface area contributed by atoms with E-state index in [1.165, 1.54) is 6.92 Å². The first kappa shape index (κ1) is 21.7. The van der Waals surface area contributed by atoms with Gasteiger partial charge in [-0.15, -0.1) is 0 Å². The van der Waals surface area contributed by atoms with Crippen LogP contribution in [-0.2, 0) is 9.47 Å². The van der Waals surface area contributed by atoms with E-state index in [0.29, 0.717) is 0 Å². The zero-order chi connectivity index (χ0) is 19.7. The SMILES string of the molecule is CCCCC(CC)COC(=O)Nc1oc(C)c(C(C)=O)c1C(=O)OCC. The largest absolute Gasteiger partial charge is 0.462 e. The minimum Gasteiger partial charge on any atom is -0.462 e. The van der Waals surface area contributed by atoms with E-state index in [0.717, 1.165) is 25.7 Å². The fraction of sp³-hybridized carbons (Fsp3) is 0.632. The fourth-order valence-corrected chi connectivity index (χ4v) is 2.68. The number of nitrogens with one attached hydrogen (secondary N) is 1. The first-order valence-corrected chi connectivity index (χ1v) is 9.10. The quantitative estimate of drug-likeness (QED) is 0.474. The summed E-state index contributed by atoms with van der Waals surface area (Å²) in [4.78, 5) is 36.1. The molecule has 0 aliphatic rings. The normalized spacial score (nSPS) is 11.7. The van der Waals surface area contributed by atoms with E-state index in [-0.39, 0.29) is 47.7 Å². The molecule has 0 fully saturated rings. The molecule has 1 atom stereocenters. The van der Waals surface area contributed by atoms with E-state index in [9.17, 15) is 14.4 Å². The first-order chi connectivity index (χ1) is 12.3. The monoisotopic (exact) mass is 367 g/mol. The van der Waals surface area contributed by atoms with Gasteiger partial charge in [-0.2, -0.15) is 0 Å². The zero-order valence-electron chi connectivity index (χ0n) is 16.3. The van der Waals surface area contributed by atoms with Crippen LogP contribution in [0.1, 0.15) is 79.9 Å². The van der Waals surface area contributed by atoms with Crippen molar-refractivity contribution in [3.8, 4) is 0 Å². The number of amides is 1. The lowest BCUT2D eigenvalue weighted by molar-refractivity contribution is 0.0524. The molecule has 7 heteroatoms. The van der Waals surface area contributed by atoms with Crippen molar-refractivity contribution in [2.45, 2.75) is 60.3 Å². The molecule has 0 aliphatic carbocycles. The van der Waals surface area contributed by atoms with Gasteiger partial charge in [-0.1, -0.05) is 33.1 Å². The van der Waals surface area contributed by atoms with Crippen LogP contribution in [0.4, 0.5) is 10.7 Å². The Balaban J connectivity index is 2.88. The van der Waals surface area contributed by atoms with Crippen molar-refractivity contribution < 1.29 is 28.3 Å². The van der Waals surface area contributed by atoms with E-state index in [1.54, 1.807) is 13.8 Å². The molecule has 0 saturated heterocycles. The Labute approximate surface area is 154 Å². The van der Waals surface area contributed by atoms with Gasteiger partial charge in [0.25, 0.3) is 0 Å². The number of unbranched alkanes of at least 4 members (excludes halogenated alkanes) is 1. The highest BCUT2D eigenvalue weighted by Gasteiger charge is 2.29. The van der Waals surface area contributed by atoms with Crippen LogP contribution in [-0.4, -0.2) is 31.1 Å². The summed E-state index contributed by atoms with van der Waals surface area (Å²) in [5, 5.41) is 2.42. The minimum atomic E-state index is -0.727. The summed E-state index contributed by atoms with van der Waals surface area (Å²) in [6.45, 7) is 9.12. The van der Waals surface area contributed by atoms with Gasteiger partial charge in [0.2, 0.25) is 5.88 Å². The Morgan fingerprint density at radius 2 is 1.81 bits per heavy atom. The van der Waals surface area contributed by atoms with Gasteiger partial charge < -0.3 is 13.9 Å². The van der Waals surface area contributed by atoms with Gasteiger partial charge in [0.1, 0.15) is 11.3 Å². The van der Waals surface area contributed by atoms with Gasteiger partial charge in [0.15, 0.2) is 5.78 Å². The second-order valence-corrected chi connectivity index (χ2v) is 6.15. The van der Waals surface area contributed by atoms with Gasteiger partial charge in [-0.25, -0.2) is 9.59 Å². The van der Waals surface area contributed by atoms with Gasteiger partial charge in [0.05, 0.1) is 18.8 Å². The van der Waals surface area contributed by atoms with Crippen LogP contribution < -0.4 is 5.32 Å². The molecule has 0 radical (unpaired) electrons. The third kappa shape index (κ3) is 5.89. The molecule has 0 bridgehead atoms. The molecule has 1 heterocycles. The maximum atomic E-state index is 12.2. The molecule has 1 aromatic heterocycles. The number of hydrogen-bond donors (Lipinski definition) is 1. The minimum absolute atomic E-state index is 0.0770. The number of anilines is 1. The third-order valence-corrected chi connectivity index (χ3v) is 4.12. The zero-order valence-corrected chi connectivity index (χ0v) is 16.3. The van der Waals surface area contributed by atoms with Crippen molar-refractivity contribution >= 4 is 23.7 Å². The van der Waals surface area contributed by atoms with E-state index in [2.05, 4.69) is 19.2 Å². The van der Waals surface area contributed by atoms with Crippen LogP contribution in [0.15, 0.2) is 4.42 Å². The standard InChI is InChI=1S/C19H29NO6/c1-6-9-10-14(7-2)11-25-19(23)20-17-16(18(22)24-8-3)15(12(4)21)13(5)26-17/h14H,6-11H2,1-5H3,(H,20,23). The number of carbonyl (C=O) groups excluding carboxylic acids is 3. The maximum absolute atomic E-state index is 12.2. The van der Waals surface area contributed by atoms with Crippen LogP contribution in [0, 0.1) is 12.8 Å². The maximum Gasteiger partial charge on any atom is 0.414 e. The smallest absolute Gasteiger partial charge is 0.414 e. The van der Waals surface area contributed by atoms with Crippen LogP contribution in [0.5, 0.6) is 0 Å². The molecular formula is C19H29NO6. The predicted octanol–water partition coefficient (Wildman–Crippen LogP) is 4.73. The number of ketones is 1. The number of hydrogen-bond acceptors (Lipinski definition) is 6. The Morgan fingerprint density at radius 3 is 2.35 bits per heavy atom. The van der Waals surface area contributed by atoms with Crippen molar-refractivity contribution in [2.24, 2.45) is 5.92 Å². The highest BCUT2D eigenvalue weighted by atomic mass is 16.6. The predicted molar refractivity (Wildman–Crippen MR) is 97.7 cm³/mol. The third-order valence-electron chi connectivity index (χ3n) is 4.12. The molecule has 0 aliphatic heterocycles. The number of aryl methyl sites for hydroxylation is 1. The Kier molecular flexibility index (Phi) is 8.88. The number of ether oxygens (including phenoxy) is 2. The van der Waals surface area contributed by atoms with E-state index in [4.69, 9.17) is 13.9 Å².